The molecule has 1 N–H and O–H groups in total. The van der Waals surface area contributed by atoms with Gasteiger partial charge in [-0.25, -0.2) is 9.18 Å². The Morgan fingerprint density at radius 1 is 1.29 bits per heavy atom. The fraction of sp³-hybridized carbons (Fsp3) is 0.500. The third-order valence-electron chi connectivity index (χ3n) is 3.75. The van der Waals surface area contributed by atoms with E-state index < -0.39 is 29.4 Å². The summed E-state index contributed by atoms with van der Waals surface area (Å²) in [5, 5.41) is 8.84. The molecular formula is C14H15F4NO2. The lowest BCUT2D eigenvalue weighted by molar-refractivity contribution is -0.185. The van der Waals surface area contributed by atoms with E-state index in [0.29, 0.717) is 0 Å². The highest BCUT2D eigenvalue weighted by Crippen LogP contribution is 2.34. The van der Waals surface area contributed by atoms with Crippen LogP contribution in [0, 0.1) is 11.7 Å². The molecule has 1 aromatic carbocycles. The first-order valence-electron chi connectivity index (χ1n) is 6.59. The molecule has 0 radical (unpaired) electrons. The maximum Gasteiger partial charge on any atom is 0.391 e. The molecule has 116 valence electrons. The van der Waals surface area contributed by atoms with Crippen molar-refractivity contribution < 1.29 is 27.5 Å². The Morgan fingerprint density at radius 2 is 1.90 bits per heavy atom. The fourth-order valence-corrected chi connectivity index (χ4v) is 2.53. The average Bonchev–Trinajstić information content (AvgIpc) is 2.40. The second kappa shape index (κ2) is 6.01. The lowest BCUT2D eigenvalue weighted by atomic mass is 9.96. The second-order valence-electron chi connectivity index (χ2n) is 5.18. The molecule has 1 saturated heterocycles. The van der Waals surface area contributed by atoms with Crippen molar-refractivity contribution in [2.45, 2.75) is 25.6 Å². The molecule has 1 heterocycles. The predicted octanol–water partition coefficient (Wildman–Crippen LogP) is 3.30. The number of carboxylic acids is 1. The van der Waals surface area contributed by atoms with Crippen LogP contribution >= 0.6 is 0 Å². The van der Waals surface area contributed by atoms with E-state index >= 15 is 0 Å². The monoisotopic (exact) mass is 305 g/mol. The molecule has 1 fully saturated rings. The molecule has 1 aliphatic rings. The van der Waals surface area contributed by atoms with Crippen LogP contribution in [0.1, 0.15) is 28.8 Å². The zero-order chi connectivity index (χ0) is 15.6. The summed E-state index contributed by atoms with van der Waals surface area (Å²) >= 11 is 0. The molecule has 21 heavy (non-hydrogen) atoms. The van der Waals surface area contributed by atoms with Gasteiger partial charge in [-0.2, -0.15) is 13.2 Å². The number of hydrogen-bond donors (Lipinski definition) is 1. The predicted molar refractivity (Wildman–Crippen MR) is 67.4 cm³/mol. The number of rotatable bonds is 3. The number of carboxylic acid groups (broad SMARTS) is 1. The lowest BCUT2D eigenvalue weighted by Crippen LogP contribution is -2.38. The third kappa shape index (κ3) is 3.72. The van der Waals surface area contributed by atoms with Crippen LogP contribution in [0.4, 0.5) is 17.6 Å². The van der Waals surface area contributed by atoms with Crippen molar-refractivity contribution in [1.29, 1.82) is 0 Å². The summed E-state index contributed by atoms with van der Waals surface area (Å²) in [6.07, 6.45) is -4.20. The number of hydrogen-bond acceptors (Lipinski definition) is 2. The van der Waals surface area contributed by atoms with Gasteiger partial charge in [-0.3, -0.25) is 4.90 Å². The van der Waals surface area contributed by atoms with Crippen LogP contribution < -0.4 is 0 Å². The topological polar surface area (TPSA) is 40.5 Å². The number of halogens is 4. The number of aromatic carboxylic acids is 1. The smallest absolute Gasteiger partial charge is 0.391 e. The first-order chi connectivity index (χ1) is 9.79. The summed E-state index contributed by atoms with van der Waals surface area (Å²) in [5.74, 6) is -3.47. The van der Waals surface area contributed by atoms with Crippen molar-refractivity contribution >= 4 is 5.97 Å². The van der Waals surface area contributed by atoms with Crippen molar-refractivity contribution in [1.82, 2.24) is 4.90 Å². The molecule has 0 bridgehead atoms. The Bertz CT molecular complexity index is 522. The minimum Gasteiger partial charge on any atom is -0.478 e. The molecule has 0 saturated carbocycles. The van der Waals surface area contributed by atoms with Gasteiger partial charge in [0.15, 0.2) is 0 Å². The molecule has 3 nitrogen and oxygen atoms in total. The Kier molecular flexibility index (Phi) is 4.51. The summed E-state index contributed by atoms with van der Waals surface area (Å²) in [5.41, 5.74) is -0.224. The van der Waals surface area contributed by atoms with E-state index in [0.717, 1.165) is 6.07 Å². The van der Waals surface area contributed by atoms with Gasteiger partial charge in [-0.1, -0.05) is 12.1 Å². The minimum absolute atomic E-state index is 0.0102. The maximum atomic E-state index is 14.0. The highest BCUT2D eigenvalue weighted by Gasteiger charge is 2.41. The van der Waals surface area contributed by atoms with Gasteiger partial charge in [-0.05, 0) is 32.0 Å². The van der Waals surface area contributed by atoms with E-state index in [9.17, 15) is 22.4 Å². The number of alkyl halides is 3. The van der Waals surface area contributed by atoms with E-state index in [2.05, 4.69) is 0 Å². The van der Waals surface area contributed by atoms with Gasteiger partial charge >= 0.3 is 12.1 Å². The van der Waals surface area contributed by atoms with E-state index in [-0.39, 0.29) is 38.0 Å². The molecule has 2 rings (SSSR count). The number of nitrogens with zero attached hydrogens (tertiary/aromatic N) is 1. The van der Waals surface area contributed by atoms with Gasteiger partial charge in [0.2, 0.25) is 0 Å². The number of likely N-dealkylation sites (tertiary alicyclic amines) is 1. The van der Waals surface area contributed by atoms with Gasteiger partial charge < -0.3 is 5.11 Å². The van der Waals surface area contributed by atoms with Crippen molar-refractivity contribution in [2.24, 2.45) is 5.92 Å². The van der Waals surface area contributed by atoms with Crippen LogP contribution in [0.25, 0.3) is 0 Å². The second-order valence-corrected chi connectivity index (χ2v) is 5.18. The Hall–Kier alpha value is -1.63. The minimum atomic E-state index is -4.18. The maximum absolute atomic E-state index is 14.0. The van der Waals surface area contributed by atoms with E-state index in [1.807, 2.05) is 0 Å². The first-order valence-corrected chi connectivity index (χ1v) is 6.59. The van der Waals surface area contributed by atoms with Gasteiger partial charge in [0.25, 0.3) is 0 Å². The lowest BCUT2D eigenvalue weighted by Gasteiger charge is -2.32. The molecule has 0 spiro atoms. The van der Waals surface area contributed by atoms with Crippen molar-refractivity contribution in [3.63, 3.8) is 0 Å². The van der Waals surface area contributed by atoms with Crippen molar-refractivity contribution in [3.05, 3.63) is 35.1 Å². The summed E-state index contributed by atoms with van der Waals surface area (Å²) < 4.78 is 51.6. The molecule has 0 amide bonds. The highest BCUT2D eigenvalue weighted by molar-refractivity contribution is 5.88. The van der Waals surface area contributed by atoms with Crippen LogP contribution in [-0.2, 0) is 6.54 Å². The Labute approximate surface area is 119 Å². The quantitative estimate of drug-likeness (QED) is 0.871. The summed E-state index contributed by atoms with van der Waals surface area (Å²) in [4.78, 5) is 12.6. The van der Waals surface area contributed by atoms with Gasteiger partial charge in [0.05, 0.1) is 11.5 Å². The van der Waals surface area contributed by atoms with Crippen molar-refractivity contribution in [2.75, 3.05) is 13.1 Å². The van der Waals surface area contributed by atoms with Gasteiger partial charge in [0.1, 0.15) is 5.82 Å². The molecule has 0 aromatic heterocycles. The largest absolute Gasteiger partial charge is 0.478 e. The molecular weight excluding hydrogens is 290 g/mol. The number of benzene rings is 1. The Balaban J connectivity index is 2.01. The number of carbonyl (C=O) groups is 1. The zero-order valence-electron chi connectivity index (χ0n) is 11.2. The third-order valence-corrected chi connectivity index (χ3v) is 3.75. The van der Waals surface area contributed by atoms with E-state index in [4.69, 9.17) is 5.11 Å². The molecule has 1 aromatic rings. The standard InChI is InChI=1S/C14H15F4NO2/c15-12-9(2-1-3-11(12)13(20)21)8-19-6-4-10(5-7-19)14(16,17)18/h1-3,10H,4-8H2,(H,20,21). The van der Waals surface area contributed by atoms with Crippen LogP contribution in [0.15, 0.2) is 18.2 Å². The van der Waals surface area contributed by atoms with E-state index in [1.165, 1.54) is 12.1 Å². The molecule has 0 atom stereocenters. The summed E-state index contributed by atoms with van der Waals surface area (Å²) in [7, 11) is 0. The number of piperidine rings is 1. The summed E-state index contributed by atoms with van der Waals surface area (Å²) in [6.45, 7) is 0.569. The highest BCUT2D eigenvalue weighted by atomic mass is 19.4. The normalized spacial score (nSPS) is 17.9. The SMILES string of the molecule is O=C(O)c1cccc(CN2CCC(C(F)(F)F)CC2)c1F. The van der Waals surface area contributed by atoms with E-state index in [1.54, 1.807) is 4.90 Å². The molecule has 7 heteroatoms. The van der Waals surface area contributed by atoms with Crippen LogP contribution in [0.5, 0.6) is 0 Å². The van der Waals surface area contributed by atoms with Crippen LogP contribution in [0.3, 0.4) is 0 Å². The molecule has 0 aliphatic carbocycles. The first kappa shape index (κ1) is 15.8. The van der Waals surface area contributed by atoms with Crippen LogP contribution in [-0.4, -0.2) is 35.2 Å². The fourth-order valence-electron chi connectivity index (χ4n) is 2.53. The Morgan fingerprint density at radius 3 is 2.43 bits per heavy atom. The van der Waals surface area contributed by atoms with Gasteiger partial charge in [-0.15, -0.1) is 0 Å². The van der Waals surface area contributed by atoms with Crippen molar-refractivity contribution in [3.8, 4) is 0 Å². The van der Waals surface area contributed by atoms with Crippen LogP contribution in [0.2, 0.25) is 0 Å². The summed E-state index contributed by atoms with van der Waals surface area (Å²) in [6, 6.07) is 4.05. The molecule has 1 aliphatic heterocycles. The molecule has 0 unspecified atom stereocenters. The zero-order valence-corrected chi connectivity index (χ0v) is 11.2. The average molecular weight is 305 g/mol. The van der Waals surface area contributed by atoms with Gasteiger partial charge in [0, 0.05) is 12.1 Å².